The van der Waals surface area contributed by atoms with Crippen molar-refractivity contribution in [3.63, 3.8) is 0 Å². The van der Waals surface area contributed by atoms with Crippen molar-refractivity contribution >= 4 is 12.0 Å². The Balaban J connectivity index is 1.49. The first-order chi connectivity index (χ1) is 15.5. The molecule has 6 heteroatoms. The molecule has 32 heavy (non-hydrogen) atoms. The summed E-state index contributed by atoms with van der Waals surface area (Å²) in [5, 5.41) is 2.95. The molecular formula is C26H28N2O4. The van der Waals surface area contributed by atoms with Crippen LogP contribution in [0.3, 0.4) is 0 Å². The standard InChI is InChI=1S/C26H28N2O4/c1-18(2)23(27-26(30)32-17-20-12-7-4-8-13-20)22-24(21-14-9-15-31-21)28(25(22)29)16-19-10-5-3-6-11-19/h3-15,18,22-24H,16-17H2,1-2H3,(H,27,30)/t22-,23+,24-/m1/s1. The van der Waals surface area contributed by atoms with E-state index in [1.807, 2.05) is 91.5 Å². The Morgan fingerprint density at radius 2 is 1.66 bits per heavy atom. The predicted molar refractivity (Wildman–Crippen MR) is 120 cm³/mol. The largest absolute Gasteiger partial charge is 0.467 e. The Bertz CT molecular complexity index is 1020. The van der Waals surface area contributed by atoms with Crippen LogP contribution in [0.15, 0.2) is 83.5 Å². The normalized spacial score (nSPS) is 18.8. The molecule has 0 aliphatic carbocycles. The summed E-state index contributed by atoms with van der Waals surface area (Å²) in [4.78, 5) is 27.6. The summed E-state index contributed by atoms with van der Waals surface area (Å²) >= 11 is 0. The summed E-state index contributed by atoms with van der Waals surface area (Å²) in [6.45, 7) is 4.66. The van der Waals surface area contributed by atoms with Crippen molar-refractivity contribution in [2.45, 2.75) is 39.1 Å². The van der Waals surface area contributed by atoms with E-state index in [0.717, 1.165) is 16.9 Å². The Hall–Kier alpha value is -3.54. The van der Waals surface area contributed by atoms with E-state index in [0.29, 0.717) is 6.54 Å². The van der Waals surface area contributed by atoms with Crippen molar-refractivity contribution in [3.05, 3.63) is 95.9 Å². The summed E-state index contributed by atoms with van der Waals surface area (Å²) in [5.41, 5.74) is 1.96. The number of nitrogens with zero attached hydrogens (tertiary/aromatic N) is 1. The van der Waals surface area contributed by atoms with Gasteiger partial charge in [0.1, 0.15) is 18.4 Å². The molecule has 6 nitrogen and oxygen atoms in total. The van der Waals surface area contributed by atoms with E-state index < -0.39 is 12.0 Å². The number of rotatable bonds is 8. The number of carbonyl (C=O) groups is 2. The van der Waals surface area contributed by atoms with Crippen LogP contribution in [0.2, 0.25) is 0 Å². The van der Waals surface area contributed by atoms with Crippen LogP contribution in [0.25, 0.3) is 0 Å². The van der Waals surface area contributed by atoms with E-state index in [2.05, 4.69) is 5.32 Å². The molecule has 1 saturated heterocycles. The fourth-order valence-electron chi connectivity index (χ4n) is 4.24. The van der Waals surface area contributed by atoms with Gasteiger partial charge in [-0.3, -0.25) is 4.79 Å². The molecule has 2 aromatic carbocycles. The lowest BCUT2D eigenvalue weighted by molar-refractivity contribution is -0.163. The zero-order chi connectivity index (χ0) is 22.5. The maximum Gasteiger partial charge on any atom is 0.407 e. The zero-order valence-corrected chi connectivity index (χ0v) is 18.3. The molecule has 3 atom stereocenters. The number of hydrogen-bond acceptors (Lipinski definition) is 4. The topological polar surface area (TPSA) is 71.8 Å². The Kier molecular flexibility index (Phi) is 6.59. The quantitative estimate of drug-likeness (QED) is 0.512. The fraction of sp³-hybridized carbons (Fsp3) is 0.308. The highest BCUT2D eigenvalue weighted by molar-refractivity contribution is 5.87. The monoisotopic (exact) mass is 432 g/mol. The molecule has 1 aliphatic heterocycles. The summed E-state index contributed by atoms with van der Waals surface area (Å²) < 4.78 is 11.1. The predicted octanol–water partition coefficient (Wildman–Crippen LogP) is 4.93. The van der Waals surface area contributed by atoms with Crippen LogP contribution in [0.5, 0.6) is 0 Å². The molecule has 0 spiro atoms. The Morgan fingerprint density at radius 3 is 2.25 bits per heavy atom. The van der Waals surface area contributed by atoms with Gasteiger partial charge in [-0.05, 0) is 29.2 Å². The molecule has 1 N–H and O–H groups in total. The highest BCUT2D eigenvalue weighted by atomic mass is 16.5. The van der Waals surface area contributed by atoms with Crippen LogP contribution >= 0.6 is 0 Å². The highest BCUT2D eigenvalue weighted by Gasteiger charge is 2.54. The molecule has 0 bridgehead atoms. The van der Waals surface area contributed by atoms with Crippen molar-refractivity contribution in [1.82, 2.24) is 10.2 Å². The number of ether oxygens (including phenoxy) is 1. The fourth-order valence-corrected chi connectivity index (χ4v) is 4.24. The van der Waals surface area contributed by atoms with Gasteiger partial charge in [0.25, 0.3) is 0 Å². The summed E-state index contributed by atoms with van der Waals surface area (Å²) in [6, 6.07) is 22.4. The first kappa shape index (κ1) is 21.7. The second-order valence-electron chi connectivity index (χ2n) is 8.41. The molecule has 4 rings (SSSR count). The number of amides is 2. The smallest absolute Gasteiger partial charge is 0.407 e. The summed E-state index contributed by atoms with van der Waals surface area (Å²) in [5.74, 6) is 0.326. The molecule has 1 fully saturated rings. The van der Waals surface area contributed by atoms with E-state index in [-0.39, 0.29) is 30.5 Å². The van der Waals surface area contributed by atoms with Gasteiger partial charge in [-0.15, -0.1) is 0 Å². The minimum absolute atomic E-state index is 0.00249. The van der Waals surface area contributed by atoms with Crippen LogP contribution in [0.4, 0.5) is 4.79 Å². The molecule has 0 unspecified atom stereocenters. The van der Waals surface area contributed by atoms with E-state index in [1.165, 1.54) is 0 Å². The minimum Gasteiger partial charge on any atom is -0.467 e. The van der Waals surface area contributed by atoms with E-state index in [4.69, 9.17) is 9.15 Å². The number of furan rings is 1. The second kappa shape index (κ2) is 9.73. The average molecular weight is 433 g/mol. The molecule has 2 heterocycles. The average Bonchev–Trinajstić information content (AvgIpc) is 3.33. The number of likely N-dealkylation sites (tertiary alicyclic amines) is 1. The minimum atomic E-state index is -0.528. The maximum atomic E-state index is 13.3. The van der Waals surface area contributed by atoms with Crippen molar-refractivity contribution in [2.75, 3.05) is 0 Å². The van der Waals surface area contributed by atoms with Gasteiger partial charge >= 0.3 is 6.09 Å². The van der Waals surface area contributed by atoms with Crippen LogP contribution in [0.1, 0.15) is 36.8 Å². The number of nitrogens with one attached hydrogen (secondary N) is 1. The van der Waals surface area contributed by atoms with Crippen LogP contribution < -0.4 is 5.32 Å². The second-order valence-corrected chi connectivity index (χ2v) is 8.41. The molecule has 2 amide bonds. The number of hydrogen-bond donors (Lipinski definition) is 1. The van der Waals surface area contributed by atoms with Gasteiger partial charge in [0, 0.05) is 12.6 Å². The number of carbonyl (C=O) groups excluding carboxylic acids is 2. The lowest BCUT2D eigenvalue weighted by atomic mass is 9.75. The van der Waals surface area contributed by atoms with Gasteiger partial charge in [0.05, 0.1) is 12.2 Å². The lowest BCUT2D eigenvalue weighted by Gasteiger charge is -2.50. The third-order valence-electron chi connectivity index (χ3n) is 5.88. The van der Waals surface area contributed by atoms with E-state index >= 15 is 0 Å². The first-order valence-electron chi connectivity index (χ1n) is 10.9. The number of alkyl carbamates (subject to hydrolysis) is 1. The van der Waals surface area contributed by atoms with E-state index in [9.17, 15) is 9.59 Å². The Morgan fingerprint density at radius 1 is 1.00 bits per heavy atom. The lowest BCUT2D eigenvalue weighted by Crippen LogP contribution is -2.63. The molecule has 0 saturated carbocycles. The van der Waals surface area contributed by atoms with Crippen molar-refractivity contribution in [1.29, 1.82) is 0 Å². The maximum absolute atomic E-state index is 13.3. The summed E-state index contributed by atoms with van der Waals surface area (Å²) in [6.07, 6.45) is 1.09. The molecule has 3 aromatic rings. The number of β-lactam (4-membered cyclic amide) rings is 1. The molecule has 0 radical (unpaired) electrons. The number of benzene rings is 2. The SMILES string of the molecule is CC(C)[C@H](NC(=O)OCc1ccccc1)[C@H]1C(=O)N(Cc2ccccc2)[C@@H]1c1ccco1. The highest BCUT2D eigenvalue weighted by Crippen LogP contribution is 2.44. The summed E-state index contributed by atoms with van der Waals surface area (Å²) in [7, 11) is 0. The first-order valence-corrected chi connectivity index (χ1v) is 10.9. The van der Waals surface area contributed by atoms with Gasteiger partial charge < -0.3 is 19.4 Å². The van der Waals surface area contributed by atoms with Crippen LogP contribution in [0, 0.1) is 11.8 Å². The third-order valence-corrected chi connectivity index (χ3v) is 5.88. The molecule has 166 valence electrons. The third kappa shape index (κ3) is 4.69. The Labute approximate surface area is 188 Å². The van der Waals surface area contributed by atoms with E-state index in [1.54, 1.807) is 6.26 Å². The molecular weight excluding hydrogens is 404 g/mol. The van der Waals surface area contributed by atoms with Crippen LogP contribution in [-0.2, 0) is 22.7 Å². The van der Waals surface area contributed by atoms with Crippen molar-refractivity contribution in [3.8, 4) is 0 Å². The molecule has 1 aromatic heterocycles. The van der Waals surface area contributed by atoms with Gasteiger partial charge in [0.2, 0.25) is 5.91 Å². The van der Waals surface area contributed by atoms with Gasteiger partial charge in [-0.1, -0.05) is 74.5 Å². The van der Waals surface area contributed by atoms with Gasteiger partial charge in [-0.2, -0.15) is 0 Å². The van der Waals surface area contributed by atoms with Gasteiger partial charge in [0.15, 0.2) is 0 Å². The van der Waals surface area contributed by atoms with Gasteiger partial charge in [-0.25, -0.2) is 4.79 Å². The zero-order valence-electron chi connectivity index (χ0n) is 18.3. The van der Waals surface area contributed by atoms with Crippen molar-refractivity contribution < 1.29 is 18.7 Å². The van der Waals surface area contributed by atoms with Crippen LogP contribution in [-0.4, -0.2) is 22.9 Å². The molecule has 1 aliphatic rings. The van der Waals surface area contributed by atoms with Crippen molar-refractivity contribution in [2.24, 2.45) is 11.8 Å².